The Kier molecular flexibility index (Phi) is 5.98. The molecule has 138 valence electrons. The summed E-state index contributed by atoms with van der Waals surface area (Å²) in [6.07, 6.45) is 1.63. The van der Waals surface area contributed by atoms with Gasteiger partial charge in [0.1, 0.15) is 0 Å². The van der Waals surface area contributed by atoms with E-state index < -0.39 is 0 Å². The number of benzene rings is 2. The van der Waals surface area contributed by atoms with Crippen molar-refractivity contribution in [2.45, 2.75) is 18.6 Å². The van der Waals surface area contributed by atoms with Gasteiger partial charge in [0.15, 0.2) is 5.16 Å². The van der Waals surface area contributed by atoms with Crippen LogP contribution < -0.4 is 10.9 Å². The molecule has 2 aromatic carbocycles. The molecule has 5 nitrogen and oxygen atoms in total. The molecule has 0 fully saturated rings. The second-order valence-corrected chi connectivity index (χ2v) is 7.29. The van der Waals surface area contributed by atoms with Gasteiger partial charge in [-0.25, -0.2) is 4.98 Å². The molecule has 27 heavy (non-hydrogen) atoms. The highest BCUT2D eigenvalue weighted by atomic mass is 35.5. The quantitative estimate of drug-likeness (QED) is 0.382. The number of aryl methyl sites for hydroxylation is 1. The third-order valence-electron chi connectivity index (χ3n) is 3.95. The molecule has 7 heteroatoms. The number of carbonyl (C=O) groups is 1. The molecule has 0 unspecified atom stereocenters. The van der Waals surface area contributed by atoms with Crippen molar-refractivity contribution in [3.8, 4) is 0 Å². The number of hydrogen-bond acceptors (Lipinski definition) is 4. The average molecular weight is 400 g/mol. The Balaban J connectivity index is 1.86. The van der Waals surface area contributed by atoms with E-state index in [9.17, 15) is 9.59 Å². The number of para-hydroxylation sites is 1. The van der Waals surface area contributed by atoms with E-state index in [-0.39, 0.29) is 17.2 Å². The van der Waals surface area contributed by atoms with Crippen LogP contribution in [0.3, 0.4) is 0 Å². The van der Waals surface area contributed by atoms with E-state index in [4.69, 9.17) is 11.6 Å². The van der Waals surface area contributed by atoms with Crippen LogP contribution in [-0.4, -0.2) is 21.2 Å². The van der Waals surface area contributed by atoms with E-state index in [0.717, 1.165) is 11.3 Å². The van der Waals surface area contributed by atoms with Crippen molar-refractivity contribution < 1.29 is 4.79 Å². The normalized spacial score (nSPS) is 10.7. The van der Waals surface area contributed by atoms with Crippen LogP contribution in [0.1, 0.15) is 5.56 Å². The predicted octanol–water partition coefficient (Wildman–Crippen LogP) is 4.28. The molecule has 0 saturated heterocycles. The third-order valence-corrected chi connectivity index (χ3v) is 5.16. The minimum atomic E-state index is -0.182. The van der Waals surface area contributed by atoms with Gasteiger partial charge in [-0.15, -0.1) is 6.58 Å². The maximum absolute atomic E-state index is 12.7. The summed E-state index contributed by atoms with van der Waals surface area (Å²) in [5, 5.41) is 4.32. The fraction of sp³-hybridized carbons (Fsp3) is 0.150. The zero-order valence-electron chi connectivity index (χ0n) is 14.7. The first kappa shape index (κ1) is 19.2. The Labute approximate surface area is 166 Å². The number of rotatable bonds is 6. The minimum Gasteiger partial charge on any atom is -0.325 e. The largest absolute Gasteiger partial charge is 0.325 e. The Morgan fingerprint density at radius 1 is 1.33 bits per heavy atom. The molecule has 0 radical (unpaired) electrons. The van der Waals surface area contributed by atoms with Crippen molar-refractivity contribution in [1.29, 1.82) is 0 Å². The van der Waals surface area contributed by atoms with Gasteiger partial charge in [0, 0.05) is 17.3 Å². The van der Waals surface area contributed by atoms with E-state index in [0.29, 0.717) is 27.6 Å². The highest BCUT2D eigenvalue weighted by Crippen LogP contribution is 2.21. The van der Waals surface area contributed by atoms with E-state index in [1.807, 2.05) is 31.2 Å². The van der Waals surface area contributed by atoms with Crippen LogP contribution in [-0.2, 0) is 11.3 Å². The second kappa shape index (κ2) is 8.41. The zero-order chi connectivity index (χ0) is 19.4. The summed E-state index contributed by atoms with van der Waals surface area (Å²) in [5.41, 5.74) is 2.08. The molecule has 1 aromatic heterocycles. The molecule has 0 saturated carbocycles. The van der Waals surface area contributed by atoms with Crippen LogP contribution in [0, 0.1) is 6.92 Å². The number of amides is 1. The van der Waals surface area contributed by atoms with Crippen molar-refractivity contribution in [2.75, 3.05) is 11.1 Å². The molecule has 3 rings (SSSR count). The van der Waals surface area contributed by atoms with Crippen molar-refractivity contribution >= 4 is 45.9 Å². The Hall–Kier alpha value is -2.57. The molecule has 1 heterocycles. The van der Waals surface area contributed by atoms with Crippen LogP contribution in [0.25, 0.3) is 10.9 Å². The number of fused-ring (bicyclic) bond motifs is 1. The lowest BCUT2D eigenvalue weighted by Gasteiger charge is -2.12. The number of hydrogen-bond donors (Lipinski definition) is 1. The number of halogens is 1. The molecule has 0 aliphatic carbocycles. The lowest BCUT2D eigenvalue weighted by Crippen LogP contribution is -2.24. The summed E-state index contributed by atoms with van der Waals surface area (Å²) in [6.45, 7) is 5.94. The molecule has 1 N–H and O–H groups in total. The van der Waals surface area contributed by atoms with Crippen LogP contribution >= 0.6 is 23.4 Å². The van der Waals surface area contributed by atoms with Gasteiger partial charge in [-0.2, -0.15) is 0 Å². The van der Waals surface area contributed by atoms with Crippen molar-refractivity contribution in [3.05, 3.63) is 76.1 Å². The SMILES string of the molecule is C=CCn1c(SCC(=O)Nc2ccccc2C)nc2cc(Cl)ccc2c1=O. The summed E-state index contributed by atoms with van der Waals surface area (Å²) in [6, 6.07) is 12.5. The number of carbonyl (C=O) groups excluding carboxylic acids is 1. The van der Waals surface area contributed by atoms with Gasteiger partial charge in [-0.05, 0) is 36.8 Å². The zero-order valence-corrected chi connectivity index (χ0v) is 16.3. The van der Waals surface area contributed by atoms with E-state index in [2.05, 4.69) is 16.9 Å². The molecular formula is C20H18ClN3O2S. The van der Waals surface area contributed by atoms with Gasteiger partial charge in [-0.3, -0.25) is 14.2 Å². The number of aromatic nitrogens is 2. The summed E-state index contributed by atoms with van der Waals surface area (Å²) < 4.78 is 1.51. The van der Waals surface area contributed by atoms with Crippen molar-refractivity contribution in [1.82, 2.24) is 9.55 Å². The summed E-state index contributed by atoms with van der Waals surface area (Å²) in [5.74, 6) is -0.0378. The standard InChI is InChI=1S/C20H18ClN3O2S/c1-3-10-24-19(26)15-9-8-14(21)11-17(15)23-20(24)27-12-18(25)22-16-7-5-4-6-13(16)2/h3-9,11H,1,10,12H2,2H3,(H,22,25). The number of thioether (sulfide) groups is 1. The van der Waals surface area contributed by atoms with E-state index in [1.54, 1.807) is 24.3 Å². The maximum Gasteiger partial charge on any atom is 0.262 e. The van der Waals surface area contributed by atoms with Gasteiger partial charge in [0.2, 0.25) is 5.91 Å². The monoisotopic (exact) mass is 399 g/mol. The summed E-state index contributed by atoms with van der Waals surface area (Å²) in [4.78, 5) is 29.6. The summed E-state index contributed by atoms with van der Waals surface area (Å²) in [7, 11) is 0. The first-order chi connectivity index (χ1) is 13.0. The average Bonchev–Trinajstić information content (AvgIpc) is 2.64. The number of allylic oxidation sites excluding steroid dienone is 1. The molecule has 0 spiro atoms. The first-order valence-corrected chi connectivity index (χ1v) is 9.65. The second-order valence-electron chi connectivity index (χ2n) is 5.91. The Morgan fingerprint density at radius 2 is 2.11 bits per heavy atom. The maximum atomic E-state index is 12.7. The van der Waals surface area contributed by atoms with Crippen LogP contribution in [0.2, 0.25) is 5.02 Å². The van der Waals surface area contributed by atoms with Crippen LogP contribution in [0.15, 0.2) is 65.1 Å². The fourth-order valence-corrected chi connectivity index (χ4v) is 3.58. The van der Waals surface area contributed by atoms with Gasteiger partial charge >= 0.3 is 0 Å². The molecule has 0 aliphatic rings. The lowest BCUT2D eigenvalue weighted by atomic mass is 10.2. The molecule has 1 amide bonds. The molecule has 0 bridgehead atoms. The molecule has 3 aromatic rings. The van der Waals surface area contributed by atoms with E-state index >= 15 is 0 Å². The first-order valence-electron chi connectivity index (χ1n) is 8.29. The Bertz CT molecular complexity index is 1080. The fourth-order valence-electron chi connectivity index (χ4n) is 2.60. The number of nitrogens with one attached hydrogen (secondary N) is 1. The topological polar surface area (TPSA) is 64.0 Å². The van der Waals surface area contributed by atoms with Crippen molar-refractivity contribution in [3.63, 3.8) is 0 Å². The van der Waals surface area contributed by atoms with Gasteiger partial charge in [0.25, 0.3) is 5.56 Å². The highest BCUT2D eigenvalue weighted by molar-refractivity contribution is 7.99. The molecule has 0 aliphatic heterocycles. The number of nitrogens with zero attached hydrogens (tertiary/aromatic N) is 2. The van der Waals surface area contributed by atoms with Gasteiger partial charge < -0.3 is 5.32 Å². The van der Waals surface area contributed by atoms with Gasteiger partial charge in [0.05, 0.1) is 16.7 Å². The van der Waals surface area contributed by atoms with Crippen LogP contribution in [0.5, 0.6) is 0 Å². The number of anilines is 1. The summed E-state index contributed by atoms with van der Waals surface area (Å²) >= 11 is 7.22. The van der Waals surface area contributed by atoms with Gasteiger partial charge in [-0.1, -0.05) is 47.6 Å². The predicted molar refractivity (Wildman–Crippen MR) is 112 cm³/mol. The minimum absolute atomic E-state index is 0.129. The third kappa shape index (κ3) is 4.40. The van der Waals surface area contributed by atoms with Crippen LogP contribution in [0.4, 0.5) is 5.69 Å². The Morgan fingerprint density at radius 3 is 2.85 bits per heavy atom. The molecule has 0 atom stereocenters. The molecular weight excluding hydrogens is 382 g/mol. The highest BCUT2D eigenvalue weighted by Gasteiger charge is 2.13. The lowest BCUT2D eigenvalue weighted by molar-refractivity contribution is -0.113. The smallest absolute Gasteiger partial charge is 0.262 e. The van der Waals surface area contributed by atoms with E-state index in [1.165, 1.54) is 16.3 Å². The van der Waals surface area contributed by atoms with Crippen molar-refractivity contribution in [2.24, 2.45) is 0 Å².